The molecule has 0 unspecified atom stereocenters. The van der Waals surface area contributed by atoms with Crippen LogP contribution in [0.25, 0.3) is 10.2 Å². The molecule has 0 aliphatic carbocycles. The Bertz CT molecular complexity index is 663. The van der Waals surface area contributed by atoms with Crippen LogP contribution in [0, 0.1) is 0 Å². The lowest BCUT2D eigenvalue weighted by atomic mass is 10.3. The van der Waals surface area contributed by atoms with Crippen LogP contribution in [0.4, 0.5) is 5.82 Å². The van der Waals surface area contributed by atoms with Crippen molar-refractivity contribution in [1.29, 1.82) is 0 Å². The SMILES string of the molecule is CCNc1nc(CSc2nccs2)nc2sccc12. The molecular formula is C12H12N4S3. The van der Waals surface area contributed by atoms with Crippen molar-refractivity contribution in [3.63, 3.8) is 0 Å². The van der Waals surface area contributed by atoms with E-state index < -0.39 is 0 Å². The summed E-state index contributed by atoms with van der Waals surface area (Å²) in [5.41, 5.74) is 0. The van der Waals surface area contributed by atoms with Gasteiger partial charge in [-0.2, -0.15) is 0 Å². The summed E-state index contributed by atoms with van der Waals surface area (Å²) in [6.45, 7) is 2.94. The quantitative estimate of drug-likeness (QED) is 0.725. The second kappa shape index (κ2) is 5.85. The first-order valence-corrected chi connectivity index (χ1v) is 8.61. The van der Waals surface area contributed by atoms with Crippen LogP contribution in [0.15, 0.2) is 27.4 Å². The first-order chi connectivity index (χ1) is 9.36. The normalized spacial score (nSPS) is 11.0. The Morgan fingerprint density at radius 1 is 1.26 bits per heavy atom. The Balaban J connectivity index is 1.86. The van der Waals surface area contributed by atoms with Crippen LogP contribution in [-0.4, -0.2) is 21.5 Å². The Hall–Kier alpha value is -1.18. The molecule has 0 atom stereocenters. The van der Waals surface area contributed by atoms with Crippen molar-refractivity contribution in [2.24, 2.45) is 0 Å². The van der Waals surface area contributed by atoms with E-state index in [0.29, 0.717) is 0 Å². The molecule has 0 bridgehead atoms. The third-order valence-electron chi connectivity index (χ3n) is 2.45. The number of fused-ring (bicyclic) bond motifs is 1. The summed E-state index contributed by atoms with van der Waals surface area (Å²) in [6.07, 6.45) is 1.82. The van der Waals surface area contributed by atoms with Gasteiger partial charge in [0.15, 0.2) is 0 Å². The van der Waals surface area contributed by atoms with Crippen molar-refractivity contribution in [3.8, 4) is 0 Å². The van der Waals surface area contributed by atoms with Crippen LogP contribution in [0.3, 0.4) is 0 Å². The van der Waals surface area contributed by atoms with Gasteiger partial charge in [-0.05, 0) is 18.4 Å². The summed E-state index contributed by atoms with van der Waals surface area (Å²) in [5.74, 6) is 2.54. The Kier molecular flexibility index (Phi) is 3.95. The monoisotopic (exact) mass is 308 g/mol. The molecule has 3 aromatic rings. The fourth-order valence-electron chi connectivity index (χ4n) is 1.67. The van der Waals surface area contributed by atoms with E-state index in [1.54, 1.807) is 34.4 Å². The highest BCUT2D eigenvalue weighted by atomic mass is 32.2. The minimum atomic E-state index is 0.750. The molecule has 0 aliphatic rings. The van der Waals surface area contributed by atoms with Gasteiger partial charge in [-0.3, -0.25) is 0 Å². The number of thioether (sulfide) groups is 1. The minimum absolute atomic E-state index is 0.750. The zero-order valence-electron chi connectivity index (χ0n) is 10.3. The largest absolute Gasteiger partial charge is 0.370 e. The topological polar surface area (TPSA) is 50.7 Å². The smallest absolute Gasteiger partial charge is 0.150 e. The summed E-state index contributed by atoms with van der Waals surface area (Å²) in [4.78, 5) is 14.5. The van der Waals surface area contributed by atoms with Crippen molar-refractivity contribution in [2.75, 3.05) is 11.9 Å². The third-order valence-corrected chi connectivity index (χ3v) is 5.22. The van der Waals surface area contributed by atoms with Gasteiger partial charge in [0.25, 0.3) is 0 Å². The van der Waals surface area contributed by atoms with Crippen LogP contribution in [0.2, 0.25) is 0 Å². The summed E-state index contributed by atoms with van der Waals surface area (Å²) < 4.78 is 1.06. The molecule has 0 fully saturated rings. The highest BCUT2D eigenvalue weighted by Crippen LogP contribution is 2.28. The lowest BCUT2D eigenvalue weighted by Crippen LogP contribution is -2.03. The fourth-order valence-corrected chi connectivity index (χ4v) is 3.95. The van der Waals surface area contributed by atoms with Crippen LogP contribution in [0.5, 0.6) is 0 Å². The van der Waals surface area contributed by atoms with Crippen LogP contribution in [-0.2, 0) is 5.75 Å². The number of hydrogen-bond acceptors (Lipinski definition) is 7. The average molecular weight is 308 g/mol. The number of hydrogen-bond donors (Lipinski definition) is 1. The molecule has 0 spiro atoms. The number of anilines is 1. The number of thiazole rings is 1. The number of aromatic nitrogens is 3. The molecule has 0 aromatic carbocycles. The molecule has 3 aromatic heterocycles. The summed E-state index contributed by atoms with van der Waals surface area (Å²) >= 11 is 4.97. The molecule has 3 rings (SSSR count). The maximum absolute atomic E-state index is 4.60. The second-order valence-corrected chi connectivity index (χ2v) is 6.76. The average Bonchev–Trinajstić information content (AvgIpc) is 3.08. The Morgan fingerprint density at radius 3 is 3.00 bits per heavy atom. The van der Waals surface area contributed by atoms with E-state index in [2.05, 4.69) is 38.6 Å². The molecule has 4 nitrogen and oxygen atoms in total. The predicted octanol–water partition coefficient (Wildman–Crippen LogP) is 3.87. The molecule has 3 heterocycles. The maximum Gasteiger partial charge on any atom is 0.150 e. The molecule has 7 heteroatoms. The zero-order chi connectivity index (χ0) is 13.1. The van der Waals surface area contributed by atoms with Gasteiger partial charge in [0.1, 0.15) is 20.8 Å². The fraction of sp³-hybridized carbons (Fsp3) is 0.250. The van der Waals surface area contributed by atoms with Crippen LogP contribution < -0.4 is 5.32 Å². The van der Waals surface area contributed by atoms with Crippen molar-refractivity contribution in [3.05, 3.63) is 28.8 Å². The standard InChI is InChI=1S/C12H12N4S3/c1-2-13-10-8-3-5-17-11(8)16-9(15-10)7-19-12-14-4-6-18-12/h3-6H,2,7H2,1H3,(H,13,15,16). The van der Waals surface area contributed by atoms with E-state index in [0.717, 1.165) is 38.5 Å². The molecule has 1 N–H and O–H groups in total. The molecule has 0 saturated carbocycles. The van der Waals surface area contributed by atoms with Gasteiger partial charge < -0.3 is 5.32 Å². The summed E-state index contributed by atoms with van der Waals surface area (Å²) in [6, 6.07) is 2.07. The van der Waals surface area contributed by atoms with Crippen molar-refractivity contribution in [1.82, 2.24) is 15.0 Å². The lowest BCUT2D eigenvalue weighted by Gasteiger charge is -2.06. The van der Waals surface area contributed by atoms with Gasteiger partial charge in [0, 0.05) is 18.1 Å². The Labute approximate surface area is 123 Å². The van der Waals surface area contributed by atoms with Crippen LogP contribution >= 0.6 is 34.4 Å². The molecule has 98 valence electrons. The first-order valence-electron chi connectivity index (χ1n) is 5.87. The number of thiophene rings is 1. The van der Waals surface area contributed by atoms with Gasteiger partial charge in [-0.15, -0.1) is 22.7 Å². The van der Waals surface area contributed by atoms with Crippen molar-refractivity contribution < 1.29 is 0 Å². The summed E-state index contributed by atoms with van der Waals surface area (Å²) in [5, 5.41) is 8.45. The third kappa shape index (κ3) is 2.88. The predicted molar refractivity (Wildman–Crippen MR) is 83.3 cm³/mol. The first kappa shape index (κ1) is 12.8. The number of nitrogens with one attached hydrogen (secondary N) is 1. The van der Waals surface area contributed by atoms with E-state index in [-0.39, 0.29) is 0 Å². The van der Waals surface area contributed by atoms with E-state index in [1.807, 2.05) is 11.6 Å². The van der Waals surface area contributed by atoms with Crippen molar-refractivity contribution in [2.45, 2.75) is 17.0 Å². The molecule has 0 aliphatic heterocycles. The van der Waals surface area contributed by atoms with Crippen molar-refractivity contribution >= 4 is 50.5 Å². The second-order valence-electron chi connectivity index (χ2n) is 3.74. The molecule has 0 amide bonds. The Morgan fingerprint density at radius 2 is 2.21 bits per heavy atom. The minimum Gasteiger partial charge on any atom is -0.370 e. The molecule has 19 heavy (non-hydrogen) atoms. The number of nitrogens with zero attached hydrogens (tertiary/aromatic N) is 3. The molecule has 0 radical (unpaired) electrons. The highest BCUT2D eigenvalue weighted by molar-refractivity contribution is 8.00. The van der Waals surface area contributed by atoms with Crippen LogP contribution in [0.1, 0.15) is 12.7 Å². The van der Waals surface area contributed by atoms with Gasteiger partial charge in [0.05, 0.1) is 11.1 Å². The van der Waals surface area contributed by atoms with E-state index in [9.17, 15) is 0 Å². The van der Waals surface area contributed by atoms with Gasteiger partial charge in [0.2, 0.25) is 0 Å². The molecular weight excluding hydrogens is 296 g/mol. The maximum atomic E-state index is 4.60. The van der Waals surface area contributed by atoms with E-state index in [1.165, 1.54) is 0 Å². The zero-order valence-corrected chi connectivity index (χ0v) is 12.7. The van der Waals surface area contributed by atoms with Gasteiger partial charge >= 0.3 is 0 Å². The highest BCUT2D eigenvalue weighted by Gasteiger charge is 2.09. The lowest BCUT2D eigenvalue weighted by molar-refractivity contribution is 1.05. The number of rotatable bonds is 5. The summed E-state index contributed by atoms with van der Waals surface area (Å²) in [7, 11) is 0. The molecule has 0 saturated heterocycles. The van der Waals surface area contributed by atoms with Gasteiger partial charge in [-0.25, -0.2) is 15.0 Å². The van der Waals surface area contributed by atoms with E-state index in [4.69, 9.17) is 0 Å². The van der Waals surface area contributed by atoms with Gasteiger partial charge in [-0.1, -0.05) is 11.8 Å². The van der Waals surface area contributed by atoms with E-state index >= 15 is 0 Å².